The van der Waals surface area contributed by atoms with Gasteiger partial charge in [0, 0.05) is 19.1 Å². The topological polar surface area (TPSA) is 179 Å². The van der Waals surface area contributed by atoms with E-state index >= 15 is 0 Å². The van der Waals surface area contributed by atoms with Gasteiger partial charge in [-0.2, -0.15) is 0 Å². The molecular weight excluding hydrogens is 452 g/mol. The lowest BCUT2D eigenvalue weighted by molar-refractivity contribution is -0.296. The molecule has 0 bridgehead atoms. The van der Waals surface area contributed by atoms with Crippen LogP contribution in [-0.2, 0) is 19.0 Å². The molecule has 1 fully saturated rings. The number of rotatable bonds is 5. The Bertz CT molecular complexity index is 1080. The van der Waals surface area contributed by atoms with Crippen LogP contribution in [0.2, 0.25) is 0 Å². The van der Waals surface area contributed by atoms with Crippen molar-refractivity contribution in [1.82, 2.24) is 0 Å². The summed E-state index contributed by atoms with van der Waals surface area (Å²) < 4.78 is 20.9. The second-order valence-electron chi connectivity index (χ2n) is 8.00. The van der Waals surface area contributed by atoms with Gasteiger partial charge in [-0.15, -0.1) is 0 Å². The van der Waals surface area contributed by atoms with Crippen LogP contribution >= 0.6 is 0 Å². The fourth-order valence-electron chi connectivity index (χ4n) is 3.77. The molecule has 6 atom stereocenters. The molecule has 2 aromatic carbocycles. The first kappa shape index (κ1) is 23.6. The lowest BCUT2D eigenvalue weighted by atomic mass is 9.98. The zero-order chi connectivity index (χ0) is 24.6. The minimum Gasteiger partial charge on any atom is -0.571 e. The summed E-state index contributed by atoms with van der Waals surface area (Å²) in [5.74, 6) is -0.672. The molecule has 0 aliphatic carbocycles. The third kappa shape index (κ3) is 4.73. The van der Waals surface area contributed by atoms with Crippen LogP contribution in [0.4, 0.5) is 0 Å². The molecule has 7 N–H and O–H groups in total. The molecule has 2 aromatic rings. The van der Waals surface area contributed by atoms with Gasteiger partial charge in [-0.1, -0.05) is 0 Å². The smallest absolute Gasteiger partial charge is 0.302 e. The van der Waals surface area contributed by atoms with E-state index in [4.69, 9.17) is 14.2 Å². The second kappa shape index (κ2) is 9.39. The summed E-state index contributed by atoms with van der Waals surface area (Å²) in [6.45, 7) is 0.792. The second-order valence-corrected chi connectivity index (χ2v) is 8.00. The number of esters is 1. The number of benzene rings is 2. The van der Waals surface area contributed by atoms with E-state index in [2.05, 4.69) is 4.74 Å². The normalized spacial score (nSPS) is 28.3. The van der Waals surface area contributed by atoms with E-state index in [0.717, 1.165) is 6.07 Å². The number of carbonyl (C=O) groups excluding carboxylic acids is 1. The highest BCUT2D eigenvalue weighted by Gasteiger charge is 2.47. The molecule has 2 aliphatic rings. The van der Waals surface area contributed by atoms with Gasteiger partial charge in [0.2, 0.25) is 6.29 Å². The maximum Gasteiger partial charge on any atom is 0.302 e. The number of hydrogen-bond donors (Lipinski definition) is 6. The Morgan fingerprint density at radius 3 is 2.38 bits per heavy atom. The Balaban J connectivity index is 1.67. The number of aliphatic hydroxyl groups excluding tert-OH is 3. The summed E-state index contributed by atoms with van der Waals surface area (Å²) in [4.78, 5) is 11.2. The first-order valence-electron chi connectivity index (χ1n) is 10.4. The largest absolute Gasteiger partial charge is 0.571 e. The van der Waals surface area contributed by atoms with Crippen molar-refractivity contribution >= 4 is 12.0 Å². The molecule has 0 spiro atoms. The van der Waals surface area contributed by atoms with E-state index in [9.17, 15) is 35.4 Å². The molecular formula is C23H25O11+. The molecule has 11 nitrogen and oxygen atoms in total. The van der Waals surface area contributed by atoms with Gasteiger partial charge in [-0.25, -0.2) is 0 Å². The minimum atomic E-state index is -1.67. The van der Waals surface area contributed by atoms with Crippen LogP contribution in [0.15, 0.2) is 42.2 Å². The van der Waals surface area contributed by atoms with Crippen molar-refractivity contribution < 1.29 is 54.4 Å². The number of aliphatic hydroxyl groups is 4. The van der Waals surface area contributed by atoms with Gasteiger partial charge in [0.05, 0.1) is 11.6 Å². The molecule has 182 valence electrons. The molecule has 2 aliphatic heterocycles. The van der Waals surface area contributed by atoms with Gasteiger partial charge >= 0.3 is 5.97 Å². The predicted octanol–water partition coefficient (Wildman–Crippen LogP) is 0.528. The molecule has 1 saturated heterocycles. The molecule has 0 saturated carbocycles. The molecule has 0 aromatic heterocycles. The van der Waals surface area contributed by atoms with Gasteiger partial charge in [0.1, 0.15) is 53.8 Å². The molecule has 0 amide bonds. The van der Waals surface area contributed by atoms with Crippen LogP contribution in [-0.4, -0.2) is 78.7 Å². The van der Waals surface area contributed by atoms with Crippen LogP contribution in [0.5, 0.6) is 23.0 Å². The zero-order valence-electron chi connectivity index (χ0n) is 18.0. The average molecular weight is 477 g/mol. The van der Waals surface area contributed by atoms with Crippen molar-refractivity contribution in [2.24, 2.45) is 0 Å². The Morgan fingerprint density at radius 1 is 1.00 bits per heavy atom. The van der Waals surface area contributed by atoms with Crippen LogP contribution in [0.3, 0.4) is 0 Å². The van der Waals surface area contributed by atoms with Gasteiger partial charge < -0.3 is 49.6 Å². The van der Waals surface area contributed by atoms with Crippen molar-refractivity contribution in [3.05, 3.63) is 53.3 Å². The van der Waals surface area contributed by atoms with Gasteiger partial charge in [-0.05, 0) is 24.3 Å². The fraction of sp³-hybridized carbons (Fsp3) is 0.348. The summed E-state index contributed by atoms with van der Waals surface area (Å²) in [6, 6.07) is 8.56. The third-order valence-corrected chi connectivity index (χ3v) is 5.53. The summed E-state index contributed by atoms with van der Waals surface area (Å²) >= 11 is 0. The van der Waals surface area contributed by atoms with Crippen molar-refractivity contribution in [3.63, 3.8) is 0 Å². The quantitative estimate of drug-likeness (QED) is 0.263. The number of carbonyl (C=O) groups is 1. The minimum absolute atomic E-state index is 0.0261. The van der Waals surface area contributed by atoms with E-state index < -0.39 is 42.8 Å². The Kier molecular flexibility index (Phi) is 6.53. The molecule has 11 heteroatoms. The number of fused-ring (bicyclic) bond motifs is 1. The number of phenols is 3. The highest BCUT2D eigenvalue weighted by atomic mass is 16.7. The number of hydrogen-bond acceptors (Lipinski definition) is 10. The lowest BCUT2D eigenvalue weighted by Gasteiger charge is -2.40. The van der Waals surface area contributed by atoms with Gasteiger partial charge in [0.25, 0.3) is 11.9 Å². The van der Waals surface area contributed by atoms with E-state index in [1.54, 1.807) is 12.1 Å². The number of phenolic OH excluding ortho intramolecular Hbond substituents is 3. The SMILES string of the molecule is CC(=O)OCC1OC(OC2=Cc3c(O)cc(O)cc3[OH+]C2c2ccc(O)cc2)C(O)C(O)C1O. The summed E-state index contributed by atoms with van der Waals surface area (Å²) in [6.07, 6.45) is -6.92. The highest BCUT2D eigenvalue weighted by Crippen LogP contribution is 2.45. The average Bonchev–Trinajstić information content (AvgIpc) is 2.79. The number of aromatic hydroxyl groups is 4. The molecule has 4 rings (SSSR count). The monoisotopic (exact) mass is 477 g/mol. The van der Waals surface area contributed by atoms with E-state index in [1.165, 1.54) is 31.2 Å². The number of ether oxygens (including phenoxy) is 4. The summed E-state index contributed by atoms with van der Waals surface area (Å²) in [7, 11) is 0. The predicted molar refractivity (Wildman–Crippen MR) is 115 cm³/mol. The highest BCUT2D eigenvalue weighted by molar-refractivity contribution is 5.69. The maximum atomic E-state index is 11.2. The van der Waals surface area contributed by atoms with Crippen LogP contribution in [0, 0.1) is 0 Å². The first-order chi connectivity index (χ1) is 16.1. The lowest BCUT2D eigenvalue weighted by Crippen LogP contribution is -2.59. The fourth-order valence-corrected chi connectivity index (χ4v) is 3.77. The van der Waals surface area contributed by atoms with Crippen LogP contribution < -0.4 is 0 Å². The first-order valence-corrected chi connectivity index (χ1v) is 10.4. The maximum absolute atomic E-state index is 11.2. The third-order valence-electron chi connectivity index (χ3n) is 5.53. The molecule has 6 unspecified atom stereocenters. The van der Waals surface area contributed by atoms with Crippen molar-refractivity contribution in [3.8, 4) is 23.0 Å². The van der Waals surface area contributed by atoms with Crippen LogP contribution in [0.1, 0.15) is 24.2 Å². The summed E-state index contributed by atoms with van der Waals surface area (Å²) in [5.41, 5.74) is 0.810. The Hall–Kier alpha value is -3.51. The van der Waals surface area contributed by atoms with Crippen molar-refractivity contribution in [2.45, 2.75) is 43.7 Å². The Morgan fingerprint density at radius 2 is 1.71 bits per heavy atom. The molecule has 0 radical (unpaired) electrons. The van der Waals surface area contributed by atoms with E-state index in [1.807, 2.05) is 0 Å². The summed E-state index contributed by atoms with van der Waals surface area (Å²) in [5, 5.41) is 60.7. The van der Waals surface area contributed by atoms with E-state index in [0.29, 0.717) is 5.56 Å². The van der Waals surface area contributed by atoms with Crippen molar-refractivity contribution in [1.29, 1.82) is 0 Å². The van der Waals surface area contributed by atoms with Gasteiger partial charge in [0.15, 0.2) is 5.76 Å². The van der Waals surface area contributed by atoms with Crippen molar-refractivity contribution in [2.75, 3.05) is 6.61 Å². The van der Waals surface area contributed by atoms with Gasteiger partial charge in [-0.3, -0.25) is 4.79 Å². The van der Waals surface area contributed by atoms with Crippen LogP contribution in [0.25, 0.3) is 6.08 Å². The Labute approximate surface area is 193 Å². The van der Waals surface area contributed by atoms with E-state index in [-0.39, 0.29) is 40.9 Å². The standard InChI is InChI=1S/C23H24O11/c1-10(24)31-9-18-19(28)20(29)21(30)23(34-18)33-17-8-14-15(27)6-13(26)7-16(14)32-22(17)11-2-4-12(25)5-3-11/h2-8,18-23,25-30H,9H2,1H3/p+1. The molecule has 2 heterocycles. The zero-order valence-corrected chi connectivity index (χ0v) is 18.0. The molecule has 34 heavy (non-hydrogen) atoms.